The van der Waals surface area contributed by atoms with Crippen molar-refractivity contribution >= 4 is 22.5 Å². The molecular formula is C18H13F2N3O2S. The lowest BCUT2D eigenvalue weighted by atomic mass is 10.2. The lowest BCUT2D eigenvalue weighted by Gasteiger charge is -2.11. The number of amides is 1. The Morgan fingerprint density at radius 3 is 2.58 bits per heavy atom. The van der Waals surface area contributed by atoms with Gasteiger partial charge in [-0.25, -0.2) is 13.5 Å². The van der Waals surface area contributed by atoms with Gasteiger partial charge in [0.25, 0.3) is 5.91 Å². The second kappa shape index (κ2) is 6.45. The van der Waals surface area contributed by atoms with Crippen molar-refractivity contribution in [3.8, 4) is 5.69 Å². The van der Waals surface area contributed by atoms with Crippen LogP contribution in [0.1, 0.15) is 21.6 Å². The molecule has 0 unspecified atom stereocenters. The number of aromatic nitrogens is 2. The molecule has 1 amide bonds. The van der Waals surface area contributed by atoms with Crippen LogP contribution in [0.3, 0.4) is 0 Å². The highest BCUT2D eigenvalue weighted by atomic mass is 32.2. The number of anilines is 1. The molecule has 1 N–H and O–H groups in total. The molecule has 0 saturated heterocycles. The van der Waals surface area contributed by atoms with Crippen molar-refractivity contribution in [2.75, 3.05) is 5.32 Å². The van der Waals surface area contributed by atoms with E-state index in [0.29, 0.717) is 28.5 Å². The summed E-state index contributed by atoms with van der Waals surface area (Å²) in [7, 11) is -1.08. The molecule has 0 radical (unpaired) electrons. The van der Waals surface area contributed by atoms with Crippen LogP contribution in [0.4, 0.5) is 14.6 Å². The normalized spacial score (nSPS) is 15.7. The number of nitrogens with zero attached hydrogens (tertiary/aromatic N) is 2. The summed E-state index contributed by atoms with van der Waals surface area (Å²) in [5.74, 6) is -0.474. The Hall–Kier alpha value is -2.87. The second-order valence-electron chi connectivity index (χ2n) is 5.86. The topological polar surface area (TPSA) is 64.0 Å². The molecule has 2 heterocycles. The summed E-state index contributed by atoms with van der Waals surface area (Å²) in [6, 6.07) is 11.0. The van der Waals surface area contributed by atoms with Crippen LogP contribution in [0.2, 0.25) is 0 Å². The lowest BCUT2D eigenvalue weighted by molar-refractivity contribution is 0.102. The average molecular weight is 373 g/mol. The zero-order valence-corrected chi connectivity index (χ0v) is 14.2. The van der Waals surface area contributed by atoms with Crippen LogP contribution < -0.4 is 5.32 Å². The zero-order chi connectivity index (χ0) is 18.3. The first-order chi connectivity index (χ1) is 12.5. The van der Waals surface area contributed by atoms with E-state index in [1.165, 1.54) is 47.1 Å². The third kappa shape index (κ3) is 3.03. The summed E-state index contributed by atoms with van der Waals surface area (Å²) in [6.45, 7) is 0. The molecule has 26 heavy (non-hydrogen) atoms. The first-order valence-electron chi connectivity index (χ1n) is 7.80. The second-order valence-corrected chi connectivity index (χ2v) is 7.31. The van der Waals surface area contributed by atoms with Crippen molar-refractivity contribution < 1.29 is 17.8 Å². The molecule has 0 saturated carbocycles. The monoisotopic (exact) mass is 373 g/mol. The number of hydrogen-bond donors (Lipinski definition) is 1. The van der Waals surface area contributed by atoms with E-state index in [-0.39, 0.29) is 17.1 Å². The minimum Gasteiger partial charge on any atom is -0.306 e. The molecule has 1 aliphatic heterocycles. The molecule has 1 aromatic heterocycles. The van der Waals surface area contributed by atoms with Gasteiger partial charge < -0.3 is 5.32 Å². The predicted molar refractivity (Wildman–Crippen MR) is 93.4 cm³/mol. The molecular weight excluding hydrogens is 360 g/mol. The van der Waals surface area contributed by atoms with Crippen LogP contribution in [0.15, 0.2) is 48.5 Å². The highest BCUT2D eigenvalue weighted by Crippen LogP contribution is 2.31. The van der Waals surface area contributed by atoms with Crippen LogP contribution >= 0.6 is 0 Å². The number of halogens is 2. The van der Waals surface area contributed by atoms with E-state index in [9.17, 15) is 17.8 Å². The largest absolute Gasteiger partial charge is 0.306 e. The predicted octanol–water partition coefficient (Wildman–Crippen LogP) is 3.17. The molecule has 3 aromatic rings. The van der Waals surface area contributed by atoms with E-state index in [1.54, 1.807) is 0 Å². The minimum absolute atomic E-state index is 0.157. The number of rotatable bonds is 3. The molecule has 132 valence electrons. The van der Waals surface area contributed by atoms with Gasteiger partial charge in [-0.05, 0) is 42.5 Å². The average Bonchev–Trinajstić information content (AvgIpc) is 3.13. The molecule has 0 fully saturated rings. The first kappa shape index (κ1) is 16.6. The molecule has 4 rings (SSSR count). The molecule has 5 nitrogen and oxygen atoms in total. The SMILES string of the molecule is O=C(Nc1c2c(nn1-c1ccc(F)cc1)C[S@@](=O)C2)c1cccc(F)c1. The molecule has 1 atom stereocenters. The fourth-order valence-corrected chi connectivity index (χ4v) is 4.10. The van der Waals surface area contributed by atoms with Crippen molar-refractivity contribution in [1.29, 1.82) is 0 Å². The fourth-order valence-electron chi connectivity index (χ4n) is 2.83. The van der Waals surface area contributed by atoms with Crippen LogP contribution in [0.5, 0.6) is 0 Å². The fraction of sp³-hybridized carbons (Fsp3) is 0.111. The van der Waals surface area contributed by atoms with Crippen molar-refractivity contribution in [3.05, 3.63) is 77.0 Å². The van der Waals surface area contributed by atoms with Gasteiger partial charge in [0.05, 0.1) is 22.9 Å². The van der Waals surface area contributed by atoms with Gasteiger partial charge in [0.15, 0.2) is 0 Å². The van der Waals surface area contributed by atoms with E-state index in [4.69, 9.17) is 0 Å². The third-order valence-corrected chi connectivity index (χ3v) is 5.27. The maximum Gasteiger partial charge on any atom is 0.256 e. The van der Waals surface area contributed by atoms with Crippen molar-refractivity contribution in [2.24, 2.45) is 0 Å². The molecule has 0 bridgehead atoms. The van der Waals surface area contributed by atoms with Crippen LogP contribution in [0, 0.1) is 11.6 Å². The van der Waals surface area contributed by atoms with E-state index in [0.717, 1.165) is 6.07 Å². The van der Waals surface area contributed by atoms with Crippen LogP contribution in [0.25, 0.3) is 5.69 Å². The van der Waals surface area contributed by atoms with Crippen molar-refractivity contribution in [2.45, 2.75) is 11.5 Å². The molecule has 0 aliphatic carbocycles. The third-order valence-electron chi connectivity index (χ3n) is 4.06. The van der Waals surface area contributed by atoms with Crippen molar-refractivity contribution in [3.63, 3.8) is 0 Å². The van der Waals surface area contributed by atoms with E-state index in [1.807, 2.05) is 0 Å². The summed E-state index contributed by atoms with van der Waals surface area (Å²) in [4.78, 5) is 12.5. The number of nitrogens with one attached hydrogen (secondary N) is 1. The van der Waals surface area contributed by atoms with Crippen LogP contribution in [-0.2, 0) is 22.3 Å². The van der Waals surface area contributed by atoms with Gasteiger partial charge in [0.2, 0.25) is 0 Å². The number of fused-ring (bicyclic) bond motifs is 1. The Bertz CT molecular complexity index is 1030. The number of carbonyl (C=O) groups is 1. The highest BCUT2D eigenvalue weighted by Gasteiger charge is 2.28. The summed E-state index contributed by atoms with van der Waals surface area (Å²) >= 11 is 0. The molecule has 2 aromatic carbocycles. The van der Waals surface area contributed by atoms with E-state index >= 15 is 0 Å². The summed E-state index contributed by atoms with van der Waals surface area (Å²) in [5, 5.41) is 7.15. The van der Waals surface area contributed by atoms with E-state index < -0.39 is 22.5 Å². The van der Waals surface area contributed by atoms with E-state index in [2.05, 4.69) is 10.4 Å². The van der Waals surface area contributed by atoms with Crippen molar-refractivity contribution in [1.82, 2.24) is 9.78 Å². The summed E-state index contributed by atoms with van der Waals surface area (Å²) in [5.41, 5.74) is 2.02. The Kier molecular flexibility index (Phi) is 4.12. The molecule has 1 aliphatic rings. The van der Waals surface area contributed by atoms with Crippen LogP contribution in [-0.4, -0.2) is 19.9 Å². The highest BCUT2D eigenvalue weighted by molar-refractivity contribution is 7.83. The first-order valence-corrected chi connectivity index (χ1v) is 9.28. The number of benzene rings is 2. The molecule has 8 heteroatoms. The van der Waals surface area contributed by atoms with Gasteiger partial charge in [-0.2, -0.15) is 5.10 Å². The van der Waals surface area contributed by atoms with Gasteiger partial charge in [-0.15, -0.1) is 0 Å². The number of carbonyl (C=O) groups excluding carboxylic acids is 1. The Morgan fingerprint density at radius 1 is 1.08 bits per heavy atom. The maximum atomic E-state index is 13.4. The van der Waals surface area contributed by atoms with Gasteiger partial charge in [-0.1, -0.05) is 6.07 Å². The maximum absolute atomic E-state index is 13.4. The summed E-state index contributed by atoms with van der Waals surface area (Å²) in [6.07, 6.45) is 0. The minimum atomic E-state index is -1.08. The van der Waals surface area contributed by atoms with Gasteiger partial charge in [0, 0.05) is 21.9 Å². The number of hydrogen-bond acceptors (Lipinski definition) is 3. The zero-order valence-electron chi connectivity index (χ0n) is 13.4. The van der Waals surface area contributed by atoms with Gasteiger partial charge in [0.1, 0.15) is 17.5 Å². The Labute approximate surface area is 150 Å². The summed E-state index contributed by atoms with van der Waals surface area (Å²) < 4.78 is 39.9. The molecule has 0 spiro atoms. The quantitative estimate of drug-likeness (QED) is 0.767. The Morgan fingerprint density at radius 2 is 1.85 bits per heavy atom. The van der Waals surface area contributed by atoms with Gasteiger partial charge in [-0.3, -0.25) is 9.00 Å². The Balaban J connectivity index is 1.75. The van der Waals surface area contributed by atoms with Gasteiger partial charge >= 0.3 is 0 Å². The lowest BCUT2D eigenvalue weighted by Crippen LogP contribution is -2.16. The smallest absolute Gasteiger partial charge is 0.256 e. The standard InChI is InChI=1S/C18H13F2N3O2S/c19-12-4-6-14(7-5-12)23-17(15-9-26(25)10-16(15)22-23)21-18(24)11-2-1-3-13(20)8-11/h1-8H,9-10H2,(H,21,24)/t26-/m0/s1.